The summed E-state index contributed by atoms with van der Waals surface area (Å²) in [7, 11) is -4.06. The van der Waals surface area contributed by atoms with E-state index >= 15 is 0 Å². The van der Waals surface area contributed by atoms with Crippen molar-refractivity contribution in [3.8, 4) is 6.07 Å². The molecular weight excluding hydrogens is 275 g/mol. The SMILES string of the molecule is CCN(CC(=O)O)S(=O)(=O)c1ccc(F)c(C#N)c1. The fraction of sp³-hybridized carbons (Fsp3) is 0.273. The van der Waals surface area contributed by atoms with Crippen LogP contribution in [0.1, 0.15) is 12.5 Å². The van der Waals surface area contributed by atoms with E-state index in [1.807, 2.05) is 0 Å². The van der Waals surface area contributed by atoms with Crippen molar-refractivity contribution >= 4 is 16.0 Å². The van der Waals surface area contributed by atoms with E-state index in [-0.39, 0.29) is 11.4 Å². The van der Waals surface area contributed by atoms with Crippen molar-refractivity contribution < 1.29 is 22.7 Å². The topological polar surface area (TPSA) is 98.5 Å². The van der Waals surface area contributed by atoms with Crippen molar-refractivity contribution in [2.75, 3.05) is 13.1 Å². The van der Waals surface area contributed by atoms with Crippen molar-refractivity contribution in [1.82, 2.24) is 4.31 Å². The van der Waals surface area contributed by atoms with Crippen LogP contribution in [0.2, 0.25) is 0 Å². The van der Waals surface area contributed by atoms with Crippen LogP contribution in [-0.4, -0.2) is 36.9 Å². The number of hydrogen-bond donors (Lipinski definition) is 1. The van der Waals surface area contributed by atoms with Gasteiger partial charge in [0.05, 0.1) is 10.5 Å². The fourth-order valence-electron chi connectivity index (χ4n) is 1.42. The van der Waals surface area contributed by atoms with Gasteiger partial charge in [-0.1, -0.05) is 6.92 Å². The summed E-state index contributed by atoms with van der Waals surface area (Å²) >= 11 is 0. The lowest BCUT2D eigenvalue weighted by Gasteiger charge is -2.18. The quantitative estimate of drug-likeness (QED) is 0.863. The Bertz CT molecular complexity index is 637. The lowest BCUT2D eigenvalue weighted by Crippen LogP contribution is -2.35. The maximum Gasteiger partial charge on any atom is 0.318 e. The maximum atomic E-state index is 13.1. The predicted molar refractivity (Wildman–Crippen MR) is 63.2 cm³/mol. The Morgan fingerprint density at radius 3 is 2.63 bits per heavy atom. The molecule has 1 N–H and O–H groups in total. The van der Waals surface area contributed by atoms with E-state index in [1.54, 1.807) is 0 Å². The largest absolute Gasteiger partial charge is 0.480 e. The average Bonchev–Trinajstić information content (AvgIpc) is 2.35. The molecule has 0 amide bonds. The van der Waals surface area contributed by atoms with Gasteiger partial charge in [0.15, 0.2) is 0 Å². The van der Waals surface area contributed by atoms with Gasteiger partial charge in [0.1, 0.15) is 18.4 Å². The molecule has 6 nitrogen and oxygen atoms in total. The van der Waals surface area contributed by atoms with Gasteiger partial charge in [0, 0.05) is 6.54 Å². The first-order valence-corrected chi connectivity index (χ1v) is 6.68. The standard InChI is InChI=1S/C11H11FN2O4S/c1-2-14(7-11(15)16)19(17,18)9-3-4-10(12)8(5-9)6-13/h3-5H,2,7H2,1H3,(H,15,16). The number of nitrogens with zero attached hydrogens (tertiary/aromatic N) is 2. The molecule has 102 valence electrons. The minimum Gasteiger partial charge on any atom is -0.480 e. The summed E-state index contributed by atoms with van der Waals surface area (Å²) in [5.74, 6) is -2.13. The van der Waals surface area contributed by atoms with Gasteiger partial charge in [-0.25, -0.2) is 12.8 Å². The predicted octanol–water partition coefficient (Wildman–Crippen LogP) is 0.793. The number of likely N-dealkylation sites (N-methyl/N-ethyl adjacent to an activating group) is 1. The Labute approximate surface area is 109 Å². The summed E-state index contributed by atoms with van der Waals surface area (Å²) in [6.07, 6.45) is 0. The highest BCUT2D eigenvalue weighted by molar-refractivity contribution is 7.89. The van der Waals surface area contributed by atoms with Crippen LogP contribution in [0.3, 0.4) is 0 Å². The first-order chi connectivity index (χ1) is 8.82. The highest BCUT2D eigenvalue weighted by atomic mass is 32.2. The van der Waals surface area contributed by atoms with Gasteiger partial charge in [-0.3, -0.25) is 4.79 Å². The number of benzene rings is 1. The van der Waals surface area contributed by atoms with Gasteiger partial charge in [-0.2, -0.15) is 9.57 Å². The Balaban J connectivity index is 3.26. The van der Waals surface area contributed by atoms with Crippen LogP contribution in [0.5, 0.6) is 0 Å². The van der Waals surface area contributed by atoms with Gasteiger partial charge >= 0.3 is 5.97 Å². The smallest absolute Gasteiger partial charge is 0.318 e. The summed E-state index contributed by atoms with van der Waals surface area (Å²) in [5, 5.41) is 17.3. The maximum absolute atomic E-state index is 13.1. The van der Waals surface area contributed by atoms with Crippen LogP contribution in [0.25, 0.3) is 0 Å². The van der Waals surface area contributed by atoms with Crippen molar-refractivity contribution in [3.63, 3.8) is 0 Å². The minimum atomic E-state index is -4.06. The van der Waals surface area contributed by atoms with E-state index in [1.165, 1.54) is 13.0 Å². The number of rotatable bonds is 5. The molecule has 19 heavy (non-hydrogen) atoms. The van der Waals surface area contributed by atoms with Crippen LogP contribution in [0.4, 0.5) is 4.39 Å². The number of halogens is 1. The van der Waals surface area contributed by atoms with Crippen LogP contribution >= 0.6 is 0 Å². The molecule has 0 aliphatic carbocycles. The van der Waals surface area contributed by atoms with Crippen molar-refractivity contribution in [1.29, 1.82) is 5.26 Å². The van der Waals surface area contributed by atoms with E-state index in [4.69, 9.17) is 10.4 Å². The molecule has 0 aliphatic heterocycles. The third-order valence-electron chi connectivity index (χ3n) is 2.36. The van der Waals surface area contributed by atoms with Crippen molar-refractivity contribution in [2.45, 2.75) is 11.8 Å². The number of nitriles is 1. The summed E-state index contributed by atoms with van der Waals surface area (Å²) in [6, 6.07) is 4.27. The van der Waals surface area contributed by atoms with Crippen LogP contribution in [-0.2, 0) is 14.8 Å². The van der Waals surface area contributed by atoms with Gasteiger partial charge in [0.2, 0.25) is 10.0 Å². The molecule has 1 aromatic carbocycles. The Hall–Kier alpha value is -1.98. The third kappa shape index (κ3) is 3.27. The molecule has 8 heteroatoms. The first-order valence-electron chi connectivity index (χ1n) is 5.24. The van der Waals surface area contributed by atoms with Crippen LogP contribution in [0, 0.1) is 17.1 Å². The number of aliphatic carboxylic acids is 1. The number of sulfonamides is 1. The molecule has 0 saturated heterocycles. The lowest BCUT2D eigenvalue weighted by molar-refractivity contribution is -0.137. The molecule has 0 aromatic heterocycles. The molecule has 1 rings (SSSR count). The molecule has 0 saturated carbocycles. The summed E-state index contributed by atoms with van der Waals surface area (Å²) < 4.78 is 38.1. The molecule has 1 aromatic rings. The molecule has 0 unspecified atom stereocenters. The zero-order valence-electron chi connectivity index (χ0n) is 10.00. The molecule has 0 aliphatic rings. The van der Waals surface area contributed by atoms with Gasteiger partial charge in [0.25, 0.3) is 0 Å². The molecule has 0 spiro atoms. The fourth-order valence-corrected chi connectivity index (χ4v) is 2.84. The summed E-state index contributed by atoms with van der Waals surface area (Å²) in [4.78, 5) is 10.3. The van der Waals surface area contributed by atoms with Crippen molar-refractivity contribution in [3.05, 3.63) is 29.6 Å². The number of carbonyl (C=O) groups is 1. The van der Waals surface area contributed by atoms with E-state index in [0.29, 0.717) is 0 Å². The number of hydrogen-bond acceptors (Lipinski definition) is 4. The third-order valence-corrected chi connectivity index (χ3v) is 4.28. The zero-order chi connectivity index (χ0) is 14.6. The summed E-state index contributed by atoms with van der Waals surface area (Å²) in [5.41, 5.74) is -0.410. The molecular formula is C11H11FN2O4S. The zero-order valence-corrected chi connectivity index (χ0v) is 10.8. The Morgan fingerprint density at radius 2 is 2.16 bits per heavy atom. The van der Waals surface area contributed by atoms with E-state index in [9.17, 15) is 17.6 Å². The minimum absolute atomic E-state index is 0.0477. The number of carboxylic acids is 1. The van der Waals surface area contributed by atoms with E-state index in [0.717, 1.165) is 22.5 Å². The van der Waals surface area contributed by atoms with Gasteiger partial charge < -0.3 is 5.11 Å². The van der Waals surface area contributed by atoms with Crippen molar-refractivity contribution in [2.24, 2.45) is 0 Å². The molecule has 0 atom stereocenters. The van der Waals surface area contributed by atoms with Gasteiger partial charge in [-0.15, -0.1) is 0 Å². The Morgan fingerprint density at radius 1 is 1.53 bits per heavy atom. The second-order valence-electron chi connectivity index (χ2n) is 3.58. The number of carboxylic acid groups (broad SMARTS) is 1. The van der Waals surface area contributed by atoms with E-state index < -0.39 is 33.9 Å². The second kappa shape index (κ2) is 5.77. The summed E-state index contributed by atoms with van der Waals surface area (Å²) in [6.45, 7) is 0.737. The van der Waals surface area contributed by atoms with Crippen LogP contribution in [0.15, 0.2) is 23.1 Å². The van der Waals surface area contributed by atoms with Crippen LogP contribution < -0.4 is 0 Å². The Kier molecular flexibility index (Phi) is 4.58. The highest BCUT2D eigenvalue weighted by Crippen LogP contribution is 2.18. The van der Waals surface area contributed by atoms with E-state index in [2.05, 4.69) is 0 Å². The highest BCUT2D eigenvalue weighted by Gasteiger charge is 2.25. The average molecular weight is 286 g/mol. The normalized spacial score (nSPS) is 11.3. The molecule has 0 fully saturated rings. The molecule has 0 heterocycles. The second-order valence-corrected chi connectivity index (χ2v) is 5.52. The monoisotopic (exact) mass is 286 g/mol. The van der Waals surface area contributed by atoms with Gasteiger partial charge in [-0.05, 0) is 18.2 Å². The first kappa shape index (κ1) is 15.1. The lowest BCUT2D eigenvalue weighted by atomic mass is 10.2. The molecule has 0 radical (unpaired) electrons. The molecule has 0 bridgehead atoms.